The number of nitrogens with zero attached hydrogens (tertiary/aromatic N) is 3. The van der Waals surface area contributed by atoms with Gasteiger partial charge in [0.15, 0.2) is 5.96 Å². The number of rotatable bonds is 5. The van der Waals surface area contributed by atoms with Crippen LogP contribution in [-0.2, 0) is 0 Å². The zero-order valence-electron chi connectivity index (χ0n) is 16.0. The molecule has 2 heterocycles. The summed E-state index contributed by atoms with van der Waals surface area (Å²) in [5.74, 6) is 1.83. The van der Waals surface area contributed by atoms with Gasteiger partial charge in [-0.3, -0.25) is 9.89 Å². The van der Waals surface area contributed by atoms with Gasteiger partial charge in [0.2, 0.25) is 0 Å². The van der Waals surface area contributed by atoms with E-state index in [1.165, 1.54) is 64.7 Å². The number of piperidine rings is 2. The summed E-state index contributed by atoms with van der Waals surface area (Å²) in [6.07, 6.45) is 7.92. The zero-order valence-corrected chi connectivity index (χ0v) is 16.0. The number of hydrogen-bond acceptors (Lipinski definition) is 3. The van der Waals surface area contributed by atoms with E-state index in [9.17, 15) is 0 Å². The van der Waals surface area contributed by atoms with E-state index >= 15 is 0 Å². The molecule has 138 valence electrons. The SMILES string of the molecule is CCNC(=NCC1(N2CCCCC2)CCN(C)CC1)NC1CC1C. The van der Waals surface area contributed by atoms with Crippen LogP contribution >= 0.6 is 0 Å². The Balaban J connectivity index is 1.68. The van der Waals surface area contributed by atoms with Crippen LogP contribution in [0.2, 0.25) is 0 Å². The molecule has 2 saturated heterocycles. The normalized spacial score (nSPS) is 31.7. The third kappa shape index (κ3) is 4.42. The molecule has 2 aliphatic heterocycles. The molecular formula is C19H37N5. The first-order valence-electron chi connectivity index (χ1n) is 10.1. The zero-order chi connectivity index (χ0) is 17.0. The summed E-state index contributed by atoms with van der Waals surface area (Å²) in [5, 5.41) is 7.07. The van der Waals surface area contributed by atoms with Gasteiger partial charge in [-0.15, -0.1) is 0 Å². The summed E-state index contributed by atoms with van der Waals surface area (Å²) in [5.41, 5.74) is 0.282. The lowest BCUT2D eigenvalue weighted by molar-refractivity contribution is 0.0208. The Labute approximate surface area is 148 Å². The van der Waals surface area contributed by atoms with Gasteiger partial charge in [-0.05, 0) is 78.2 Å². The Bertz CT molecular complexity index is 421. The highest BCUT2D eigenvalue weighted by Gasteiger charge is 2.40. The van der Waals surface area contributed by atoms with E-state index in [2.05, 4.69) is 41.3 Å². The second-order valence-electron chi connectivity index (χ2n) is 8.23. The Morgan fingerprint density at radius 3 is 2.38 bits per heavy atom. The fraction of sp³-hybridized carbons (Fsp3) is 0.947. The molecule has 3 aliphatic rings. The van der Waals surface area contributed by atoms with Crippen molar-refractivity contribution >= 4 is 5.96 Å². The molecule has 0 aromatic carbocycles. The van der Waals surface area contributed by atoms with E-state index in [-0.39, 0.29) is 5.54 Å². The fourth-order valence-electron chi connectivity index (χ4n) is 4.22. The second kappa shape index (κ2) is 8.05. The molecule has 5 nitrogen and oxygen atoms in total. The average molecular weight is 336 g/mol. The lowest BCUT2D eigenvalue weighted by Gasteiger charge is -2.49. The van der Waals surface area contributed by atoms with Crippen molar-refractivity contribution in [3.63, 3.8) is 0 Å². The van der Waals surface area contributed by atoms with E-state index in [1.54, 1.807) is 0 Å². The van der Waals surface area contributed by atoms with Crippen molar-refractivity contribution in [3.8, 4) is 0 Å². The molecular weight excluding hydrogens is 298 g/mol. The minimum absolute atomic E-state index is 0.282. The van der Waals surface area contributed by atoms with Gasteiger partial charge in [-0.2, -0.15) is 0 Å². The maximum atomic E-state index is 5.06. The van der Waals surface area contributed by atoms with Crippen molar-refractivity contribution in [1.29, 1.82) is 0 Å². The highest BCUT2D eigenvalue weighted by molar-refractivity contribution is 5.80. The molecule has 0 amide bonds. The monoisotopic (exact) mass is 335 g/mol. The first-order chi connectivity index (χ1) is 11.6. The maximum Gasteiger partial charge on any atom is 0.191 e. The molecule has 3 rings (SSSR count). The summed E-state index contributed by atoms with van der Waals surface area (Å²) in [4.78, 5) is 10.3. The van der Waals surface area contributed by atoms with E-state index in [1.807, 2.05) is 0 Å². The Hall–Kier alpha value is -0.810. The third-order valence-electron chi connectivity index (χ3n) is 6.25. The molecule has 0 radical (unpaired) electrons. The molecule has 0 aromatic rings. The average Bonchev–Trinajstić information content (AvgIpc) is 3.30. The van der Waals surface area contributed by atoms with Gasteiger partial charge in [-0.25, -0.2) is 0 Å². The van der Waals surface area contributed by atoms with E-state index in [0.717, 1.165) is 25.0 Å². The molecule has 3 fully saturated rings. The van der Waals surface area contributed by atoms with Crippen molar-refractivity contribution in [2.45, 2.75) is 64.0 Å². The van der Waals surface area contributed by atoms with Crippen LogP contribution in [0.3, 0.4) is 0 Å². The Kier molecular flexibility index (Phi) is 6.03. The van der Waals surface area contributed by atoms with Crippen LogP contribution < -0.4 is 10.6 Å². The molecule has 1 aliphatic carbocycles. The van der Waals surface area contributed by atoms with Crippen LogP contribution in [0, 0.1) is 5.92 Å². The van der Waals surface area contributed by atoms with Crippen molar-refractivity contribution in [1.82, 2.24) is 20.4 Å². The van der Waals surface area contributed by atoms with Crippen molar-refractivity contribution < 1.29 is 0 Å². The summed E-state index contributed by atoms with van der Waals surface area (Å²) in [7, 11) is 2.25. The predicted molar refractivity (Wildman–Crippen MR) is 102 cm³/mol. The molecule has 1 saturated carbocycles. The van der Waals surface area contributed by atoms with Crippen LogP contribution in [0.25, 0.3) is 0 Å². The predicted octanol–water partition coefficient (Wildman–Crippen LogP) is 1.90. The third-order valence-corrected chi connectivity index (χ3v) is 6.25. The van der Waals surface area contributed by atoms with Crippen molar-refractivity contribution in [3.05, 3.63) is 0 Å². The molecule has 2 unspecified atom stereocenters. The minimum Gasteiger partial charge on any atom is -0.357 e. The number of likely N-dealkylation sites (tertiary alicyclic amines) is 2. The summed E-state index contributed by atoms with van der Waals surface area (Å²) >= 11 is 0. The van der Waals surface area contributed by atoms with Crippen LogP contribution in [-0.4, -0.2) is 73.7 Å². The van der Waals surface area contributed by atoms with Gasteiger partial charge >= 0.3 is 0 Å². The summed E-state index contributed by atoms with van der Waals surface area (Å²) in [6, 6.07) is 0.631. The number of nitrogens with one attached hydrogen (secondary N) is 2. The molecule has 2 N–H and O–H groups in total. The molecule has 0 aromatic heterocycles. The summed E-state index contributed by atoms with van der Waals surface area (Å²) in [6.45, 7) is 11.3. The topological polar surface area (TPSA) is 42.9 Å². The standard InChI is InChI=1S/C19H37N5/c1-4-20-18(22-17-14-16(17)2)21-15-19(8-12-23(3)13-9-19)24-10-6-5-7-11-24/h16-17H,4-15H2,1-3H3,(H2,20,21,22). The first-order valence-corrected chi connectivity index (χ1v) is 10.1. The van der Waals surface area contributed by atoms with Gasteiger partial charge in [-0.1, -0.05) is 13.3 Å². The first kappa shape index (κ1) is 18.0. The summed E-state index contributed by atoms with van der Waals surface area (Å²) < 4.78 is 0. The lowest BCUT2D eigenvalue weighted by atomic mass is 9.84. The van der Waals surface area contributed by atoms with Gasteiger partial charge in [0.25, 0.3) is 0 Å². The van der Waals surface area contributed by atoms with Gasteiger partial charge in [0.05, 0.1) is 6.54 Å². The maximum absolute atomic E-state index is 5.06. The largest absolute Gasteiger partial charge is 0.357 e. The highest BCUT2D eigenvalue weighted by atomic mass is 15.3. The highest BCUT2D eigenvalue weighted by Crippen LogP contribution is 2.32. The second-order valence-corrected chi connectivity index (χ2v) is 8.23. The smallest absolute Gasteiger partial charge is 0.191 e. The van der Waals surface area contributed by atoms with Crippen LogP contribution in [0.4, 0.5) is 0 Å². The molecule has 0 bridgehead atoms. The van der Waals surface area contributed by atoms with E-state index in [0.29, 0.717) is 6.04 Å². The Morgan fingerprint density at radius 2 is 1.79 bits per heavy atom. The number of guanidine groups is 1. The van der Waals surface area contributed by atoms with Crippen LogP contribution in [0.5, 0.6) is 0 Å². The fourth-order valence-corrected chi connectivity index (χ4v) is 4.22. The lowest BCUT2D eigenvalue weighted by Crippen LogP contribution is -2.58. The number of hydrogen-bond donors (Lipinski definition) is 2. The molecule has 5 heteroatoms. The molecule has 0 spiro atoms. The van der Waals surface area contributed by atoms with Gasteiger partial charge < -0.3 is 15.5 Å². The van der Waals surface area contributed by atoms with Crippen molar-refractivity contribution in [2.75, 3.05) is 46.3 Å². The van der Waals surface area contributed by atoms with E-state index in [4.69, 9.17) is 4.99 Å². The molecule has 24 heavy (non-hydrogen) atoms. The van der Waals surface area contributed by atoms with Gasteiger partial charge in [0.1, 0.15) is 0 Å². The minimum atomic E-state index is 0.282. The van der Waals surface area contributed by atoms with Gasteiger partial charge in [0, 0.05) is 18.1 Å². The van der Waals surface area contributed by atoms with Crippen LogP contribution in [0.1, 0.15) is 52.4 Å². The quantitative estimate of drug-likeness (QED) is 0.595. The van der Waals surface area contributed by atoms with Crippen molar-refractivity contribution in [2.24, 2.45) is 10.9 Å². The number of aliphatic imine (C=N–C) groups is 1. The Morgan fingerprint density at radius 1 is 1.12 bits per heavy atom. The molecule has 2 atom stereocenters. The van der Waals surface area contributed by atoms with Crippen LogP contribution in [0.15, 0.2) is 4.99 Å². The van der Waals surface area contributed by atoms with E-state index < -0.39 is 0 Å².